The summed E-state index contributed by atoms with van der Waals surface area (Å²) in [5, 5.41) is 0.669. The number of aromatic nitrogens is 2. The molecule has 0 atom stereocenters. The maximum absolute atomic E-state index is 13.9. The molecule has 4 rings (SSSR count). The van der Waals surface area contributed by atoms with Gasteiger partial charge < -0.3 is 0 Å². The molecule has 0 saturated heterocycles. The number of hydrogen-bond donors (Lipinski definition) is 2. The van der Waals surface area contributed by atoms with Crippen LogP contribution in [0.1, 0.15) is 0 Å². The van der Waals surface area contributed by atoms with Crippen molar-refractivity contribution in [2.75, 3.05) is 5.75 Å². The van der Waals surface area contributed by atoms with Crippen molar-refractivity contribution in [2.24, 2.45) is 5.84 Å². The molecule has 150 valence electrons. The second-order valence-corrected chi connectivity index (χ2v) is 7.41. The highest BCUT2D eigenvalue weighted by Gasteiger charge is 2.16. The highest BCUT2D eigenvalue weighted by atomic mass is 32.2. The average Bonchev–Trinajstić information content (AvgIpc) is 2.78. The molecule has 0 radical (unpaired) electrons. The second-order valence-electron chi connectivity index (χ2n) is 6.47. The summed E-state index contributed by atoms with van der Waals surface area (Å²) < 4.78 is 15.2. The molecule has 0 aliphatic carbocycles. The van der Waals surface area contributed by atoms with Gasteiger partial charge in [-0.05, 0) is 41.5 Å². The van der Waals surface area contributed by atoms with E-state index in [2.05, 4.69) is 4.98 Å². The first-order chi connectivity index (χ1) is 14.6. The smallest absolute Gasteiger partial charge is 0.266 e. The molecule has 0 spiro atoms. The zero-order valence-corrected chi connectivity index (χ0v) is 16.5. The molecule has 1 amide bonds. The average molecular weight is 420 g/mol. The molecule has 8 heteroatoms. The first-order valence-electron chi connectivity index (χ1n) is 9.07. The van der Waals surface area contributed by atoms with Gasteiger partial charge in [0.25, 0.3) is 5.56 Å². The molecule has 30 heavy (non-hydrogen) atoms. The largest absolute Gasteiger partial charge is 0.294 e. The molecule has 4 aromatic rings. The number of carbonyl (C=O) groups excluding carboxylic acids is 1. The fourth-order valence-electron chi connectivity index (χ4n) is 3.09. The van der Waals surface area contributed by atoms with Gasteiger partial charge in [0.2, 0.25) is 5.91 Å². The quantitative estimate of drug-likeness (QED) is 0.170. The first kappa shape index (κ1) is 19.8. The number of amides is 1. The van der Waals surface area contributed by atoms with E-state index in [1.54, 1.807) is 18.2 Å². The molecule has 3 N–H and O–H groups in total. The van der Waals surface area contributed by atoms with Gasteiger partial charge in [0.1, 0.15) is 5.82 Å². The van der Waals surface area contributed by atoms with E-state index in [0.717, 1.165) is 22.9 Å². The number of carbonyl (C=O) groups is 1. The SMILES string of the molecule is NNC(=O)CSc1nc2ccc(-c3ccccc3)cc2c(=O)n1-c1cccc(F)c1. The Morgan fingerprint density at radius 2 is 1.83 bits per heavy atom. The van der Waals surface area contributed by atoms with Gasteiger partial charge in [-0.1, -0.05) is 54.2 Å². The predicted octanol–water partition coefficient (Wildman–Crippen LogP) is 3.27. The van der Waals surface area contributed by atoms with Crippen LogP contribution < -0.4 is 16.8 Å². The summed E-state index contributed by atoms with van der Waals surface area (Å²) in [7, 11) is 0. The highest BCUT2D eigenvalue weighted by Crippen LogP contribution is 2.25. The maximum Gasteiger partial charge on any atom is 0.266 e. The third-order valence-corrected chi connectivity index (χ3v) is 5.44. The lowest BCUT2D eigenvalue weighted by Crippen LogP contribution is -2.32. The summed E-state index contributed by atoms with van der Waals surface area (Å²) in [6.45, 7) is 0. The molecule has 0 aliphatic heterocycles. The molecule has 0 aliphatic rings. The summed E-state index contributed by atoms with van der Waals surface area (Å²) in [5.74, 6) is 4.21. The van der Waals surface area contributed by atoms with Crippen LogP contribution in [-0.2, 0) is 4.79 Å². The van der Waals surface area contributed by atoms with Crippen LogP contribution >= 0.6 is 11.8 Å². The fraction of sp³-hybridized carbons (Fsp3) is 0.0455. The van der Waals surface area contributed by atoms with Crippen molar-refractivity contribution in [3.63, 3.8) is 0 Å². The van der Waals surface area contributed by atoms with Gasteiger partial charge in [-0.25, -0.2) is 15.2 Å². The van der Waals surface area contributed by atoms with E-state index in [9.17, 15) is 14.0 Å². The highest BCUT2D eigenvalue weighted by molar-refractivity contribution is 7.99. The van der Waals surface area contributed by atoms with E-state index in [-0.39, 0.29) is 16.5 Å². The zero-order chi connectivity index (χ0) is 21.1. The summed E-state index contributed by atoms with van der Waals surface area (Å²) in [6, 6.07) is 20.8. The van der Waals surface area contributed by atoms with Gasteiger partial charge in [-0.3, -0.25) is 19.6 Å². The van der Waals surface area contributed by atoms with Crippen LogP contribution in [0.15, 0.2) is 82.7 Å². The Bertz CT molecular complexity index is 1290. The summed E-state index contributed by atoms with van der Waals surface area (Å²) >= 11 is 1.05. The van der Waals surface area contributed by atoms with E-state index >= 15 is 0 Å². The van der Waals surface area contributed by atoms with Gasteiger partial charge in [-0.15, -0.1) is 0 Å². The number of halogens is 1. The second kappa shape index (κ2) is 8.48. The summed E-state index contributed by atoms with van der Waals surface area (Å²) in [5.41, 5.74) is 4.35. The van der Waals surface area contributed by atoms with Crippen LogP contribution in [0, 0.1) is 5.82 Å². The van der Waals surface area contributed by atoms with E-state index in [1.807, 2.05) is 41.8 Å². The van der Waals surface area contributed by atoms with Gasteiger partial charge in [-0.2, -0.15) is 0 Å². The Morgan fingerprint density at radius 3 is 2.57 bits per heavy atom. The Kier molecular flexibility index (Phi) is 5.60. The number of nitrogens with two attached hydrogens (primary N) is 1. The predicted molar refractivity (Wildman–Crippen MR) is 116 cm³/mol. The van der Waals surface area contributed by atoms with E-state index in [0.29, 0.717) is 16.6 Å². The number of hydrazine groups is 1. The van der Waals surface area contributed by atoms with Crippen LogP contribution in [0.2, 0.25) is 0 Å². The summed E-state index contributed by atoms with van der Waals surface area (Å²) in [6.07, 6.45) is 0. The number of hydrogen-bond acceptors (Lipinski definition) is 5. The summed E-state index contributed by atoms with van der Waals surface area (Å²) in [4.78, 5) is 29.6. The number of nitrogens with one attached hydrogen (secondary N) is 1. The number of nitrogens with zero attached hydrogens (tertiary/aromatic N) is 2. The van der Waals surface area contributed by atoms with Crippen molar-refractivity contribution in [3.05, 3.63) is 89.0 Å². The Morgan fingerprint density at radius 1 is 1.03 bits per heavy atom. The molecule has 1 heterocycles. The van der Waals surface area contributed by atoms with Crippen molar-refractivity contribution in [3.8, 4) is 16.8 Å². The number of thioether (sulfide) groups is 1. The van der Waals surface area contributed by atoms with Crippen molar-refractivity contribution >= 4 is 28.6 Å². The van der Waals surface area contributed by atoms with Crippen molar-refractivity contribution in [2.45, 2.75) is 5.16 Å². The number of rotatable bonds is 5. The van der Waals surface area contributed by atoms with E-state index in [1.165, 1.54) is 22.8 Å². The topological polar surface area (TPSA) is 90.0 Å². The minimum Gasteiger partial charge on any atom is -0.294 e. The molecular formula is C22H17FN4O2S. The van der Waals surface area contributed by atoms with Gasteiger partial charge in [0.15, 0.2) is 5.16 Å². The van der Waals surface area contributed by atoms with Crippen LogP contribution in [0.4, 0.5) is 4.39 Å². The third-order valence-electron chi connectivity index (χ3n) is 4.50. The maximum atomic E-state index is 13.9. The van der Waals surface area contributed by atoms with Crippen LogP contribution in [-0.4, -0.2) is 21.2 Å². The minimum absolute atomic E-state index is 0.0359. The molecule has 3 aromatic carbocycles. The van der Waals surface area contributed by atoms with Gasteiger partial charge in [0.05, 0.1) is 22.3 Å². The van der Waals surface area contributed by atoms with Crippen molar-refractivity contribution in [1.29, 1.82) is 0 Å². The third kappa shape index (κ3) is 3.96. The normalized spacial score (nSPS) is 10.9. The minimum atomic E-state index is -0.479. The standard InChI is InChI=1S/C22H17FN4O2S/c23-16-7-4-8-17(12-16)27-21(29)18-11-15(14-5-2-1-3-6-14)9-10-19(18)25-22(27)30-13-20(28)26-24/h1-12H,13,24H2,(H,26,28). The van der Waals surface area contributed by atoms with Gasteiger partial charge in [0, 0.05) is 0 Å². The molecular weight excluding hydrogens is 403 g/mol. The molecule has 0 unspecified atom stereocenters. The van der Waals surface area contributed by atoms with Crippen LogP contribution in [0.3, 0.4) is 0 Å². The van der Waals surface area contributed by atoms with Crippen molar-refractivity contribution in [1.82, 2.24) is 15.0 Å². The Labute approximate surface area is 175 Å². The van der Waals surface area contributed by atoms with Gasteiger partial charge >= 0.3 is 0 Å². The monoisotopic (exact) mass is 420 g/mol. The lowest BCUT2D eigenvalue weighted by Gasteiger charge is -2.14. The van der Waals surface area contributed by atoms with Crippen LogP contribution in [0.5, 0.6) is 0 Å². The molecule has 0 saturated carbocycles. The lowest BCUT2D eigenvalue weighted by atomic mass is 10.0. The number of benzene rings is 3. The lowest BCUT2D eigenvalue weighted by molar-refractivity contribution is -0.118. The fourth-order valence-corrected chi connectivity index (χ4v) is 3.91. The van der Waals surface area contributed by atoms with Crippen LogP contribution in [0.25, 0.3) is 27.7 Å². The molecule has 6 nitrogen and oxygen atoms in total. The Balaban J connectivity index is 1.92. The first-order valence-corrected chi connectivity index (χ1v) is 10.1. The zero-order valence-electron chi connectivity index (χ0n) is 15.7. The van der Waals surface area contributed by atoms with Crippen molar-refractivity contribution < 1.29 is 9.18 Å². The molecule has 1 aromatic heterocycles. The number of fused-ring (bicyclic) bond motifs is 1. The van der Waals surface area contributed by atoms with E-state index < -0.39 is 11.7 Å². The Hall–Kier alpha value is -3.49. The molecule has 0 fully saturated rings. The molecule has 0 bridgehead atoms. The van der Waals surface area contributed by atoms with E-state index in [4.69, 9.17) is 5.84 Å².